The zero-order valence-corrected chi connectivity index (χ0v) is 11.9. The molecule has 1 atom stereocenters. The molecule has 5 heteroatoms. The molecular formula is C15H19NO4. The van der Waals surface area contributed by atoms with E-state index in [-0.39, 0.29) is 5.91 Å². The zero-order valence-electron chi connectivity index (χ0n) is 11.9. The third kappa shape index (κ3) is 5.14. The van der Waals surface area contributed by atoms with E-state index in [1.807, 2.05) is 36.4 Å². The minimum Gasteiger partial charge on any atom is -0.497 e. The predicted molar refractivity (Wildman–Crippen MR) is 76.3 cm³/mol. The molecule has 108 valence electrons. The monoisotopic (exact) mass is 277 g/mol. The number of esters is 1. The van der Waals surface area contributed by atoms with E-state index >= 15 is 0 Å². The highest BCUT2D eigenvalue weighted by molar-refractivity contribution is 5.83. The second-order valence-corrected chi connectivity index (χ2v) is 4.19. The van der Waals surface area contributed by atoms with Crippen molar-refractivity contribution in [1.82, 2.24) is 5.32 Å². The average Bonchev–Trinajstić information content (AvgIpc) is 2.45. The van der Waals surface area contributed by atoms with Crippen molar-refractivity contribution in [3.05, 3.63) is 35.9 Å². The van der Waals surface area contributed by atoms with Crippen LogP contribution in [0.3, 0.4) is 0 Å². The Labute approximate surface area is 118 Å². The summed E-state index contributed by atoms with van der Waals surface area (Å²) in [5.41, 5.74) is 0.954. The van der Waals surface area contributed by atoms with Crippen molar-refractivity contribution in [2.75, 3.05) is 14.2 Å². The van der Waals surface area contributed by atoms with E-state index in [2.05, 4.69) is 10.1 Å². The fourth-order valence-corrected chi connectivity index (χ4v) is 1.69. The Kier molecular flexibility index (Phi) is 6.29. The molecule has 1 N–H and O–H groups in total. The molecule has 0 bridgehead atoms. The van der Waals surface area contributed by atoms with Crippen LogP contribution in [0.15, 0.2) is 30.3 Å². The molecule has 0 spiro atoms. The van der Waals surface area contributed by atoms with Crippen LogP contribution in [0.25, 0.3) is 6.08 Å². The molecule has 0 unspecified atom stereocenters. The summed E-state index contributed by atoms with van der Waals surface area (Å²) >= 11 is 0. The Morgan fingerprint density at radius 2 is 2.10 bits per heavy atom. The number of amides is 1. The topological polar surface area (TPSA) is 64.6 Å². The molecule has 0 fully saturated rings. The maximum atomic E-state index is 11.5. The van der Waals surface area contributed by atoms with E-state index < -0.39 is 12.0 Å². The molecule has 20 heavy (non-hydrogen) atoms. The standard InChI is InChI=1S/C15H19NO4/c1-11(17)16-14(15(18)20-3)9-5-7-12-6-4-8-13(10-12)19-2/h4-8,10,14H,9H2,1-3H3,(H,16,17)/b7-5+/t14-/m1/s1. The normalized spacial score (nSPS) is 11.9. The van der Waals surface area contributed by atoms with Crippen LogP contribution >= 0.6 is 0 Å². The number of hydrogen-bond acceptors (Lipinski definition) is 4. The SMILES string of the molecule is COC(=O)[C@@H](C/C=C/c1cccc(OC)c1)NC(C)=O. The number of methoxy groups -OCH3 is 2. The summed E-state index contributed by atoms with van der Waals surface area (Å²) < 4.78 is 9.77. The first kappa shape index (κ1) is 15.8. The van der Waals surface area contributed by atoms with Crippen molar-refractivity contribution in [3.8, 4) is 5.75 Å². The van der Waals surface area contributed by atoms with Crippen LogP contribution in [0.5, 0.6) is 5.75 Å². The van der Waals surface area contributed by atoms with E-state index in [0.29, 0.717) is 6.42 Å². The van der Waals surface area contributed by atoms with Crippen LogP contribution < -0.4 is 10.1 Å². The third-order valence-electron chi connectivity index (χ3n) is 2.64. The predicted octanol–water partition coefficient (Wildman–Crippen LogP) is 1.78. The Morgan fingerprint density at radius 1 is 1.35 bits per heavy atom. The van der Waals surface area contributed by atoms with Crippen LogP contribution in [0.2, 0.25) is 0 Å². The lowest BCUT2D eigenvalue weighted by atomic mass is 10.1. The summed E-state index contributed by atoms with van der Waals surface area (Å²) in [6.07, 6.45) is 4.04. The molecule has 1 amide bonds. The van der Waals surface area contributed by atoms with Crippen molar-refractivity contribution < 1.29 is 19.1 Å². The highest BCUT2D eigenvalue weighted by atomic mass is 16.5. The minimum atomic E-state index is -0.667. The molecule has 1 aromatic carbocycles. The Balaban J connectivity index is 2.67. The van der Waals surface area contributed by atoms with Gasteiger partial charge in [-0.05, 0) is 24.1 Å². The fraction of sp³-hybridized carbons (Fsp3) is 0.333. The largest absolute Gasteiger partial charge is 0.497 e. The number of carbonyl (C=O) groups excluding carboxylic acids is 2. The number of nitrogens with one attached hydrogen (secondary N) is 1. The van der Waals surface area contributed by atoms with Crippen LogP contribution in [-0.4, -0.2) is 32.1 Å². The van der Waals surface area contributed by atoms with Crippen LogP contribution in [0.4, 0.5) is 0 Å². The van der Waals surface area contributed by atoms with Gasteiger partial charge in [0.05, 0.1) is 14.2 Å². The molecule has 0 radical (unpaired) electrons. The second kappa shape index (κ2) is 7.99. The lowest BCUT2D eigenvalue weighted by Crippen LogP contribution is -2.39. The lowest BCUT2D eigenvalue weighted by Gasteiger charge is -2.13. The quantitative estimate of drug-likeness (QED) is 0.805. The van der Waals surface area contributed by atoms with E-state index in [1.165, 1.54) is 14.0 Å². The first-order chi connectivity index (χ1) is 9.56. The van der Waals surface area contributed by atoms with Gasteiger partial charge in [0.2, 0.25) is 5.91 Å². The summed E-state index contributed by atoms with van der Waals surface area (Å²) in [6, 6.07) is 6.86. The van der Waals surface area contributed by atoms with Crippen molar-refractivity contribution in [1.29, 1.82) is 0 Å². The highest BCUT2D eigenvalue weighted by Gasteiger charge is 2.18. The number of ether oxygens (including phenoxy) is 2. The molecule has 5 nitrogen and oxygen atoms in total. The summed E-state index contributed by atoms with van der Waals surface area (Å²) in [5, 5.41) is 2.55. The fourth-order valence-electron chi connectivity index (χ4n) is 1.69. The molecule has 0 aliphatic heterocycles. The molecule has 0 aliphatic carbocycles. The summed E-state index contributed by atoms with van der Waals surface area (Å²) in [7, 11) is 2.90. The molecule has 0 saturated carbocycles. The Hall–Kier alpha value is -2.30. The van der Waals surface area contributed by atoms with E-state index in [9.17, 15) is 9.59 Å². The van der Waals surface area contributed by atoms with Gasteiger partial charge in [0, 0.05) is 6.92 Å². The van der Waals surface area contributed by atoms with Crippen LogP contribution in [0.1, 0.15) is 18.9 Å². The van der Waals surface area contributed by atoms with Crippen LogP contribution in [0, 0.1) is 0 Å². The van der Waals surface area contributed by atoms with Gasteiger partial charge in [0.25, 0.3) is 0 Å². The molecule has 1 aromatic rings. The molecule has 0 heterocycles. The van der Waals surface area contributed by atoms with Crippen molar-refractivity contribution in [2.45, 2.75) is 19.4 Å². The van der Waals surface area contributed by atoms with Crippen molar-refractivity contribution in [3.63, 3.8) is 0 Å². The summed E-state index contributed by atoms with van der Waals surface area (Å²) in [6.45, 7) is 1.36. The first-order valence-electron chi connectivity index (χ1n) is 6.22. The average molecular weight is 277 g/mol. The lowest BCUT2D eigenvalue weighted by molar-refractivity contribution is -0.144. The molecule has 0 aromatic heterocycles. The molecule has 0 saturated heterocycles. The summed E-state index contributed by atoms with van der Waals surface area (Å²) in [5.74, 6) is 0.0317. The zero-order chi connectivity index (χ0) is 15.0. The van der Waals surface area contributed by atoms with Crippen molar-refractivity contribution in [2.24, 2.45) is 0 Å². The van der Waals surface area contributed by atoms with Gasteiger partial charge in [-0.25, -0.2) is 4.79 Å². The number of carbonyl (C=O) groups is 2. The van der Waals surface area contributed by atoms with Gasteiger partial charge >= 0.3 is 5.97 Å². The highest BCUT2D eigenvalue weighted by Crippen LogP contribution is 2.14. The molecular weight excluding hydrogens is 258 g/mol. The van der Waals surface area contributed by atoms with E-state index in [4.69, 9.17) is 4.74 Å². The van der Waals surface area contributed by atoms with Gasteiger partial charge < -0.3 is 14.8 Å². The third-order valence-corrected chi connectivity index (χ3v) is 2.64. The molecule has 0 aliphatic rings. The van der Waals surface area contributed by atoms with Gasteiger partial charge in [-0.3, -0.25) is 4.79 Å². The minimum absolute atomic E-state index is 0.268. The van der Waals surface area contributed by atoms with Crippen molar-refractivity contribution >= 4 is 18.0 Å². The maximum absolute atomic E-state index is 11.5. The number of hydrogen-bond donors (Lipinski definition) is 1. The summed E-state index contributed by atoms with van der Waals surface area (Å²) in [4.78, 5) is 22.5. The van der Waals surface area contributed by atoms with Gasteiger partial charge in [-0.1, -0.05) is 24.3 Å². The Morgan fingerprint density at radius 3 is 2.70 bits per heavy atom. The molecule has 1 rings (SSSR count). The maximum Gasteiger partial charge on any atom is 0.328 e. The Bertz CT molecular complexity index is 496. The van der Waals surface area contributed by atoms with E-state index in [1.54, 1.807) is 7.11 Å². The van der Waals surface area contributed by atoms with Crippen LogP contribution in [-0.2, 0) is 14.3 Å². The van der Waals surface area contributed by atoms with Gasteiger partial charge in [0.1, 0.15) is 11.8 Å². The van der Waals surface area contributed by atoms with Gasteiger partial charge in [-0.15, -0.1) is 0 Å². The van der Waals surface area contributed by atoms with E-state index in [0.717, 1.165) is 11.3 Å². The number of benzene rings is 1. The van der Waals surface area contributed by atoms with Gasteiger partial charge in [-0.2, -0.15) is 0 Å². The van der Waals surface area contributed by atoms with Gasteiger partial charge in [0.15, 0.2) is 0 Å². The number of rotatable bonds is 6. The smallest absolute Gasteiger partial charge is 0.328 e. The first-order valence-corrected chi connectivity index (χ1v) is 6.22. The second-order valence-electron chi connectivity index (χ2n) is 4.19.